The zero-order valence-corrected chi connectivity index (χ0v) is 4.78. The smallest absolute Gasteiger partial charge is 0.00175 e. The van der Waals surface area contributed by atoms with Crippen LogP contribution in [0, 0.1) is 0 Å². The highest BCUT2D eigenvalue weighted by Gasteiger charge is 2.22. The first-order valence-electron chi connectivity index (χ1n) is 2.94. The summed E-state index contributed by atoms with van der Waals surface area (Å²) in [5.74, 6) is 0. The maximum Gasteiger partial charge on any atom is -0.00175 e. The van der Waals surface area contributed by atoms with Crippen molar-refractivity contribution in [3.63, 3.8) is 0 Å². The Hall–Kier alpha value is -0.780. The molecular weight excluding hydrogens is 96.1 g/mol. The van der Waals surface area contributed by atoms with Crippen molar-refractivity contribution in [3.8, 4) is 0 Å². The Morgan fingerprint density at radius 3 is 3.00 bits per heavy atom. The van der Waals surface area contributed by atoms with Gasteiger partial charge in [-0.1, -0.05) is 18.7 Å². The van der Waals surface area contributed by atoms with Gasteiger partial charge in [-0.2, -0.15) is 0 Å². The summed E-state index contributed by atoms with van der Waals surface area (Å²) in [7, 11) is 0. The molecular formula is C8H8. The summed E-state index contributed by atoms with van der Waals surface area (Å²) >= 11 is 0. The van der Waals surface area contributed by atoms with Crippen molar-refractivity contribution in [1.29, 1.82) is 0 Å². The lowest BCUT2D eigenvalue weighted by Crippen LogP contribution is -1.75. The van der Waals surface area contributed by atoms with E-state index in [9.17, 15) is 0 Å². The van der Waals surface area contributed by atoms with Gasteiger partial charge in [-0.25, -0.2) is 0 Å². The van der Waals surface area contributed by atoms with E-state index in [1.807, 2.05) is 0 Å². The molecule has 2 rings (SSSR count). The van der Waals surface area contributed by atoms with Gasteiger partial charge in [0.15, 0.2) is 0 Å². The predicted molar refractivity (Wildman–Crippen MR) is 34.5 cm³/mol. The Morgan fingerprint density at radius 2 is 2.38 bits per heavy atom. The van der Waals surface area contributed by atoms with Crippen molar-refractivity contribution in [2.45, 2.75) is 12.8 Å². The zero-order valence-electron chi connectivity index (χ0n) is 4.78. The van der Waals surface area contributed by atoms with Crippen LogP contribution in [-0.4, -0.2) is 0 Å². The lowest BCUT2D eigenvalue weighted by atomic mass is 10.1. The second-order valence-corrected chi connectivity index (χ2v) is 2.39. The van der Waals surface area contributed by atoms with Gasteiger partial charge >= 0.3 is 0 Å². The fourth-order valence-corrected chi connectivity index (χ4v) is 1.12. The molecule has 0 aliphatic heterocycles. The first-order chi connectivity index (χ1) is 3.88. The molecule has 40 valence electrons. The Morgan fingerprint density at radius 1 is 1.50 bits per heavy atom. The van der Waals surface area contributed by atoms with Crippen LogP contribution in [0.25, 0.3) is 0 Å². The van der Waals surface area contributed by atoms with E-state index < -0.39 is 0 Å². The Labute approximate surface area is 49.2 Å². The molecule has 0 amide bonds. The maximum absolute atomic E-state index is 3.93. The fraction of sp³-hybridized carbons (Fsp3) is 0.250. The van der Waals surface area contributed by atoms with Crippen LogP contribution in [0.4, 0.5) is 0 Å². The van der Waals surface area contributed by atoms with Gasteiger partial charge in [-0.3, -0.25) is 0 Å². The van der Waals surface area contributed by atoms with Crippen LogP contribution >= 0.6 is 0 Å². The summed E-state index contributed by atoms with van der Waals surface area (Å²) in [6.45, 7) is 3.93. The minimum Gasteiger partial charge on any atom is -0.0952 e. The zero-order chi connectivity index (χ0) is 5.56. The van der Waals surface area contributed by atoms with Crippen molar-refractivity contribution in [3.05, 3.63) is 35.5 Å². The van der Waals surface area contributed by atoms with E-state index in [0.29, 0.717) is 0 Å². The predicted octanol–water partition coefficient (Wildman–Crippen LogP) is 2.20. The third-order valence-corrected chi connectivity index (χ3v) is 1.74. The largest absolute Gasteiger partial charge is 0.0952 e. The third kappa shape index (κ3) is 0.401. The average Bonchev–Trinajstić information content (AvgIpc) is 2.45. The molecule has 0 saturated carbocycles. The molecule has 8 heavy (non-hydrogen) atoms. The average molecular weight is 104 g/mol. The number of hydrogen-bond donors (Lipinski definition) is 0. The minimum absolute atomic E-state index is 1.08. The van der Waals surface area contributed by atoms with Crippen LogP contribution in [0.2, 0.25) is 0 Å². The SMILES string of the molecule is C=C1CC=CC2=C1C2. The summed E-state index contributed by atoms with van der Waals surface area (Å²) in [6, 6.07) is 0. The topological polar surface area (TPSA) is 0 Å². The van der Waals surface area contributed by atoms with Gasteiger partial charge < -0.3 is 0 Å². The van der Waals surface area contributed by atoms with Crippen molar-refractivity contribution < 1.29 is 0 Å². The molecule has 0 bridgehead atoms. The summed E-state index contributed by atoms with van der Waals surface area (Å²) in [5.41, 5.74) is 4.37. The molecule has 0 nitrogen and oxygen atoms in total. The maximum atomic E-state index is 3.93. The Bertz CT molecular complexity index is 204. The summed E-state index contributed by atoms with van der Waals surface area (Å²) in [6.07, 6.45) is 6.70. The monoisotopic (exact) mass is 104 g/mol. The van der Waals surface area contributed by atoms with E-state index in [1.165, 1.54) is 23.1 Å². The van der Waals surface area contributed by atoms with Gasteiger partial charge in [0.2, 0.25) is 0 Å². The molecule has 2 aliphatic carbocycles. The molecule has 0 heteroatoms. The van der Waals surface area contributed by atoms with E-state index in [2.05, 4.69) is 18.7 Å². The molecule has 0 aromatic heterocycles. The summed E-state index contributed by atoms with van der Waals surface area (Å²) in [4.78, 5) is 0. The van der Waals surface area contributed by atoms with Crippen LogP contribution in [-0.2, 0) is 0 Å². The molecule has 0 radical (unpaired) electrons. The number of allylic oxidation sites excluding steroid dienone is 5. The Kier molecular flexibility index (Phi) is 0.587. The molecule has 0 aromatic rings. The third-order valence-electron chi connectivity index (χ3n) is 1.74. The highest BCUT2D eigenvalue weighted by Crippen LogP contribution is 2.41. The molecule has 2 aliphatic rings. The summed E-state index contributed by atoms with van der Waals surface area (Å²) < 4.78 is 0. The van der Waals surface area contributed by atoms with Crippen LogP contribution in [0.1, 0.15) is 12.8 Å². The first-order valence-corrected chi connectivity index (χ1v) is 2.94. The minimum atomic E-state index is 1.08. The molecule has 0 spiro atoms. The lowest BCUT2D eigenvalue weighted by Gasteiger charge is -1.94. The van der Waals surface area contributed by atoms with Crippen molar-refractivity contribution in [2.24, 2.45) is 0 Å². The fourth-order valence-electron chi connectivity index (χ4n) is 1.12. The van der Waals surface area contributed by atoms with Gasteiger partial charge in [0, 0.05) is 0 Å². The van der Waals surface area contributed by atoms with Gasteiger partial charge in [-0.15, -0.1) is 0 Å². The second-order valence-electron chi connectivity index (χ2n) is 2.39. The van der Waals surface area contributed by atoms with E-state index in [1.54, 1.807) is 0 Å². The van der Waals surface area contributed by atoms with Crippen LogP contribution in [0.15, 0.2) is 35.5 Å². The molecule has 0 atom stereocenters. The van der Waals surface area contributed by atoms with Crippen LogP contribution in [0.5, 0.6) is 0 Å². The van der Waals surface area contributed by atoms with Gasteiger partial charge in [0.1, 0.15) is 0 Å². The van der Waals surface area contributed by atoms with E-state index in [-0.39, 0.29) is 0 Å². The molecule has 0 saturated heterocycles. The van der Waals surface area contributed by atoms with E-state index >= 15 is 0 Å². The second kappa shape index (κ2) is 1.13. The van der Waals surface area contributed by atoms with Crippen LogP contribution in [0.3, 0.4) is 0 Å². The van der Waals surface area contributed by atoms with Crippen LogP contribution < -0.4 is 0 Å². The van der Waals surface area contributed by atoms with Crippen molar-refractivity contribution in [1.82, 2.24) is 0 Å². The van der Waals surface area contributed by atoms with E-state index in [0.717, 1.165) is 6.42 Å². The standard InChI is InChI=1S/C8H8/c1-6-3-2-4-7-5-8(6)7/h2,4H,1,3,5H2. The van der Waals surface area contributed by atoms with Gasteiger partial charge in [0.05, 0.1) is 0 Å². The van der Waals surface area contributed by atoms with Gasteiger partial charge in [0.25, 0.3) is 0 Å². The number of hydrogen-bond acceptors (Lipinski definition) is 0. The lowest BCUT2D eigenvalue weighted by molar-refractivity contribution is 1.26. The molecule has 0 aromatic carbocycles. The van der Waals surface area contributed by atoms with Gasteiger partial charge in [-0.05, 0) is 29.6 Å². The molecule has 0 unspecified atom stereocenters. The van der Waals surface area contributed by atoms with Crippen molar-refractivity contribution >= 4 is 0 Å². The first kappa shape index (κ1) is 4.13. The van der Waals surface area contributed by atoms with E-state index in [4.69, 9.17) is 0 Å². The number of rotatable bonds is 0. The quantitative estimate of drug-likeness (QED) is 0.442. The summed E-state index contributed by atoms with van der Waals surface area (Å²) in [5, 5.41) is 0. The highest BCUT2D eigenvalue weighted by atomic mass is 14.3. The Balaban J connectivity index is 2.40. The van der Waals surface area contributed by atoms with Crippen molar-refractivity contribution in [2.75, 3.05) is 0 Å². The molecule has 0 heterocycles. The molecule has 0 N–H and O–H groups in total. The highest BCUT2D eigenvalue weighted by molar-refractivity contribution is 5.57. The molecule has 0 fully saturated rings. The normalized spacial score (nSPS) is 23.8.